The molecule has 0 atom stereocenters. The zero-order valence-corrected chi connectivity index (χ0v) is 15.7. The summed E-state index contributed by atoms with van der Waals surface area (Å²) in [4.78, 5) is 11.2. The average molecular weight is 361 g/mol. The lowest BCUT2D eigenvalue weighted by molar-refractivity contribution is 1.03. The molecule has 0 spiro atoms. The summed E-state index contributed by atoms with van der Waals surface area (Å²) in [6.45, 7) is 5.86. The summed E-state index contributed by atoms with van der Waals surface area (Å²) in [7, 11) is 0. The van der Waals surface area contributed by atoms with Crippen molar-refractivity contribution in [2.75, 3.05) is 10.7 Å². The number of aryl methyl sites for hydroxylation is 2. The number of nitrogens with one attached hydrogen (secondary N) is 2. The summed E-state index contributed by atoms with van der Waals surface area (Å²) in [5, 5.41) is 7.95. The van der Waals surface area contributed by atoms with Crippen LogP contribution in [-0.2, 0) is 0 Å². The number of fused-ring (bicyclic) bond motifs is 2. The van der Waals surface area contributed by atoms with Gasteiger partial charge in [0.05, 0.1) is 17.1 Å². The second-order valence-electron chi connectivity index (χ2n) is 6.22. The highest BCUT2D eigenvalue weighted by Crippen LogP contribution is 2.44. The number of rotatable bonds is 3. The van der Waals surface area contributed by atoms with Gasteiger partial charge in [0, 0.05) is 21.2 Å². The van der Waals surface area contributed by atoms with Gasteiger partial charge in [0.15, 0.2) is 0 Å². The van der Waals surface area contributed by atoms with Crippen LogP contribution < -0.4 is 10.7 Å². The third-order valence-corrected chi connectivity index (χ3v) is 5.23. The second-order valence-corrected chi connectivity index (χ2v) is 7.30. The Morgan fingerprint density at radius 3 is 2.50 bits per heavy atom. The molecule has 1 aromatic heterocycles. The van der Waals surface area contributed by atoms with Crippen molar-refractivity contribution in [2.24, 2.45) is 5.10 Å². The van der Waals surface area contributed by atoms with Crippen molar-refractivity contribution < 1.29 is 0 Å². The molecule has 4 rings (SSSR count). The van der Waals surface area contributed by atoms with E-state index in [9.17, 15) is 0 Å². The third-order valence-electron chi connectivity index (χ3n) is 4.08. The fourth-order valence-electron chi connectivity index (χ4n) is 2.84. The predicted molar refractivity (Wildman–Crippen MR) is 108 cm³/mol. The number of hydrogen-bond donors (Lipinski definition) is 2. The Bertz CT molecular complexity index is 993. The molecule has 1 aliphatic heterocycles. The Labute approximate surface area is 157 Å². The fraction of sp³-hybridized carbons (Fsp3) is 0.150. The van der Waals surface area contributed by atoms with Crippen molar-refractivity contribution in [3.63, 3.8) is 0 Å². The van der Waals surface area contributed by atoms with Gasteiger partial charge in [0.25, 0.3) is 0 Å². The minimum Gasteiger partial charge on any atom is -0.354 e. The lowest BCUT2D eigenvalue weighted by Crippen LogP contribution is -2.05. The number of benzene rings is 2. The highest BCUT2D eigenvalue weighted by Gasteiger charge is 2.15. The van der Waals surface area contributed by atoms with Crippen LogP contribution in [0.15, 0.2) is 63.4 Å². The van der Waals surface area contributed by atoms with Gasteiger partial charge < -0.3 is 5.32 Å². The number of nitrogens with zero attached hydrogens (tertiary/aromatic N) is 3. The van der Waals surface area contributed by atoms with Gasteiger partial charge in [-0.25, -0.2) is 15.4 Å². The van der Waals surface area contributed by atoms with Crippen LogP contribution in [0.4, 0.5) is 17.3 Å². The van der Waals surface area contributed by atoms with Gasteiger partial charge in [-0.1, -0.05) is 30.0 Å². The first-order valence-corrected chi connectivity index (χ1v) is 9.21. The summed E-state index contributed by atoms with van der Waals surface area (Å²) < 4.78 is 0. The maximum atomic E-state index is 4.45. The molecule has 0 unspecified atom stereocenters. The predicted octanol–water partition coefficient (Wildman–Crippen LogP) is 5.14. The Hall–Kier alpha value is -2.86. The van der Waals surface area contributed by atoms with Crippen LogP contribution in [0.2, 0.25) is 0 Å². The molecule has 0 saturated carbocycles. The molecule has 26 heavy (non-hydrogen) atoms. The molecule has 2 N–H and O–H groups in total. The van der Waals surface area contributed by atoms with E-state index in [1.54, 1.807) is 11.8 Å². The lowest BCUT2D eigenvalue weighted by atomic mass is 10.1. The van der Waals surface area contributed by atoms with Crippen LogP contribution in [0, 0.1) is 13.8 Å². The number of anilines is 3. The number of aromatic nitrogens is 2. The normalized spacial score (nSPS) is 12.8. The Morgan fingerprint density at radius 2 is 1.69 bits per heavy atom. The minimum absolute atomic E-state index is 0.516. The molecular weight excluding hydrogens is 342 g/mol. The third kappa shape index (κ3) is 3.41. The average Bonchev–Trinajstić information content (AvgIpc) is 2.63. The summed E-state index contributed by atoms with van der Waals surface area (Å²) in [5.41, 5.74) is 8.96. The maximum absolute atomic E-state index is 4.45. The van der Waals surface area contributed by atoms with Crippen LogP contribution in [0.5, 0.6) is 0 Å². The Balaban J connectivity index is 1.57. The van der Waals surface area contributed by atoms with E-state index in [1.807, 2.05) is 32.9 Å². The minimum atomic E-state index is 0.516. The molecule has 0 fully saturated rings. The second kappa shape index (κ2) is 6.80. The van der Waals surface area contributed by atoms with Gasteiger partial charge in [-0.2, -0.15) is 5.10 Å². The van der Waals surface area contributed by atoms with Crippen molar-refractivity contribution >= 4 is 34.8 Å². The number of hydrogen-bond acceptors (Lipinski definition) is 6. The molecule has 5 nitrogen and oxygen atoms in total. The van der Waals surface area contributed by atoms with Gasteiger partial charge in [-0.05, 0) is 56.7 Å². The molecule has 0 amide bonds. The number of hydrazone groups is 1. The first kappa shape index (κ1) is 16.6. The molecule has 2 heterocycles. The topological polar surface area (TPSA) is 62.2 Å². The molecule has 6 heteroatoms. The maximum Gasteiger partial charge on any atom is 0.243 e. The molecule has 1 aliphatic rings. The largest absolute Gasteiger partial charge is 0.354 e. The molecule has 130 valence electrons. The Kier molecular flexibility index (Phi) is 4.34. The van der Waals surface area contributed by atoms with E-state index in [0.717, 1.165) is 34.0 Å². The quantitative estimate of drug-likeness (QED) is 0.391. The molecule has 3 aromatic rings. The van der Waals surface area contributed by atoms with Crippen LogP contribution in [0.1, 0.15) is 23.9 Å². The standard InChI is InChI=1S/C20H19N5S/c1-12-10-13(2)22-20(21-12)25-24-14(3)15-8-9-19-17(11-15)23-16-6-4-5-7-18(16)26-19/h4-11,23H,1-3H3,(H,21,22,25)/b24-14-. The first-order valence-electron chi connectivity index (χ1n) is 8.39. The van der Waals surface area contributed by atoms with Crippen molar-refractivity contribution in [1.82, 2.24) is 9.97 Å². The van der Waals surface area contributed by atoms with E-state index in [1.165, 1.54) is 9.79 Å². The van der Waals surface area contributed by atoms with Crippen LogP contribution >= 0.6 is 11.8 Å². The fourth-order valence-corrected chi connectivity index (χ4v) is 3.81. The van der Waals surface area contributed by atoms with E-state index in [2.05, 4.69) is 62.2 Å². The zero-order chi connectivity index (χ0) is 18.1. The summed E-state index contributed by atoms with van der Waals surface area (Å²) >= 11 is 1.78. The van der Waals surface area contributed by atoms with E-state index >= 15 is 0 Å². The van der Waals surface area contributed by atoms with Gasteiger partial charge in [-0.15, -0.1) is 0 Å². The molecule has 0 radical (unpaired) electrons. The van der Waals surface area contributed by atoms with Gasteiger partial charge in [-0.3, -0.25) is 0 Å². The van der Waals surface area contributed by atoms with Crippen LogP contribution in [0.25, 0.3) is 0 Å². The van der Waals surface area contributed by atoms with Crippen molar-refractivity contribution in [2.45, 2.75) is 30.6 Å². The first-order chi connectivity index (χ1) is 12.6. The Morgan fingerprint density at radius 1 is 0.962 bits per heavy atom. The van der Waals surface area contributed by atoms with Gasteiger partial charge in [0.1, 0.15) is 0 Å². The van der Waals surface area contributed by atoms with Crippen molar-refractivity contribution in [1.29, 1.82) is 0 Å². The van der Waals surface area contributed by atoms with E-state index < -0.39 is 0 Å². The van der Waals surface area contributed by atoms with Crippen molar-refractivity contribution in [3.05, 3.63) is 65.5 Å². The summed E-state index contributed by atoms with van der Waals surface area (Å²) in [6.07, 6.45) is 0. The number of para-hydroxylation sites is 1. The highest BCUT2D eigenvalue weighted by atomic mass is 32.2. The smallest absolute Gasteiger partial charge is 0.243 e. The molecular formula is C20H19N5S. The lowest BCUT2D eigenvalue weighted by Gasteiger charge is -2.21. The van der Waals surface area contributed by atoms with Gasteiger partial charge in [0.2, 0.25) is 5.95 Å². The summed E-state index contributed by atoms with van der Waals surface area (Å²) in [5.74, 6) is 0.516. The SMILES string of the molecule is C/C(=N/Nc1nc(C)cc(C)n1)c1ccc2c(c1)Nc1ccccc1S2. The monoisotopic (exact) mass is 361 g/mol. The van der Waals surface area contributed by atoms with Crippen LogP contribution in [-0.4, -0.2) is 15.7 Å². The van der Waals surface area contributed by atoms with Crippen LogP contribution in [0.3, 0.4) is 0 Å². The molecule has 2 aromatic carbocycles. The molecule has 0 bridgehead atoms. The highest BCUT2D eigenvalue weighted by molar-refractivity contribution is 7.99. The zero-order valence-electron chi connectivity index (χ0n) is 14.9. The van der Waals surface area contributed by atoms with Crippen molar-refractivity contribution in [3.8, 4) is 0 Å². The van der Waals surface area contributed by atoms with E-state index in [0.29, 0.717) is 5.95 Å². The summed E-state index contributed by atoms with van der Waals surface area (Å²) in [6, 6.07) is 16.6. The molecule has 0 aliphatic carbocycles. The van der Waals surface area contributed by atoms with E-state index in [4.69, 9.17) is 0 Å². The van der Waals surface area contributed by atoms with E-state index in [-0.39, 0.29) is 0 Å². The van der Waals surface area contributed by atoms with Gasteiger partial charge >= 0.3 is 0 Å². The molecule has 0 saturated heterocycles.